The molecular weight excluding hydrogens is 518 g/mol. The van der Waals surface area contributed by atoms with Crippen molar-refractivity contribution in [1.82, 2.24) is 19.8 Å². The molecule has 0 saturated carbocycles. The van der Waals surface area contributed by atoms with Gasteiger partial charge in [0.1, 0.15) is 0 Å². The molecule has 2 aromatic carbocycles. The number of piperazine rings is 1. The number of nitrogens with zero attached hydrogens (tertiary/aromatic N) is 4. The Bertz CT molecular complexity index is 1360. The van der Waals surface area contributed by atoms with E-state index in [1.165, 1.54) is 22.3 Å². The van der Waals surface area contributed by atoms with Crippen LogP contribution < -0.4 is 5.32 Å². The van der Waals surface area contributed by atoms with Crippen molar-refractivity contribution in [3.8, 4) is 11.3 Å². The van der Waals surface area contributed by atoms with Crippen LogP contribution in [0.1, 0.15) is 29.0 Å². The second-order valence-electron chi connectivity index (χ2n) is 11.1. The van der Waals surface area contributed by atoms with Gasteiger partial charge in [0.05, 0.1) is 12.3 Å². The molecule has 0 radical (unpaired) electrons. The predicted molar refractivity (Wildman–Crippen MR) is 163 cm³/mol. The maximum atomic E-state index is 6.20. The zero-order valence-corrected chi connectivity index (χ0v) is 24.0. The van der Waals surface area contributed by atoms with Crippen molar-refractivity contribution in [2.24, 2.45) is 5.92 Å². The van der Waals surface area contributed by atoms with Crippen LogP contribution >= 0.6 is 11.6 Å². The van der Waals surface area contributed by atoms with Crippen LogP contribution in [0.5, 0.6) is 0 Å². The molecule has 3 aromatic rings. The number of allylic oxidation sites excluding steroid dienone is 4. The molecule has 3 aliphatic rings. The molecule has 1 fully saturated rings. The highest BCUT2D eigenvalue weighted by Gasteiger charge is 2.31. The molecule has 7 heteroatoms. The van der Waals surface area contributed by atoms with E-state index < -0.39 is 0 Å². The summed E-state index contributed by atoms with van der Waals surface area (Å²) in [6.07, 6.45) is 11.4. The lowest BCUT2D eigenvalue weighted by atomic mass is 9.73. The normalized spacial score (nSPS) is 21.0. The fraction of sp³-hybridized carbons (Fsp3) is 0.394. The topological polar surface area (TPSA) is 53.5 Å². The van der Waals surface area contributed by atoms with Crippen LogP contribution in [-0.4, -0.2) is 72.8 Å². The zero-order valence-electron chi connectivity index (χ0n) is 23.2. The smallest absolute Gasteiger partial charge is 0.227 e. The molecule has 208 valence electrons. The van der Waals surface area contributed by atoms with Gasteiger partial charge in [-0.2, -0.15) is 0 Å². The Morgan fingerprint density at radius 1 is 1.00 bits per heavy atom. The summed E-state index contributed by atoms with van der Waals surface area (Å²) in [5.74, 6) is 1.47. The minimum Gasteiger partial charge on any atom is -0.383 e. The molecule has 6 nitrogen and oxygen atoms in total. The van der Waals surface area contributed by atoms with E-state index in [1.807, 2.05) is 12.3 Å². The number of fused-ring (bicyclic) bond motifs is 3. The Balaban J connectivity index is 1.08. The summed E-state index contributed by atoms with van der Waals surface area (Å²) >= 11 is 6.20. The van der Waals surface area contributed by atoms with Gasteiger partial charge in [0.25, 0.3) is 0 Å². The summed E-state index contributed by atoms with van der Waals surface area (Å²) in [7, 11) is 1.77. The summed E-state index contributed by atoms with van der Waals surface area (Å²) in [5, 5.41) is 4.27. The van der Waals surface area contributed by atoms with Gasteiger partial charge in [-0.25, -0.2) is 9.97 Å². The lowest BCUT2D eigenvalue weighted by Crippen LogP contribution is -2.47. The molecule has 1 saturated heterocycles. The Labute approximate surface area is 242 Å². The predicted octanol–water partition coefficient (Wildman–Crippen LogP) is 6.03. The minimum absolute atomic E-state index is 0.399. The molecule has 2 aliphatic carbocycles. The average molecular weight is 556 g/mol. The number of hydrogen-bond donors (Lipinski definition) is 1. The SMILES string of the molecule is COCCN1CCN(CCc2ccc(Nc3ncc4c(n3)-c3ccccc3C(C3C=CC(Cl)=CC3)C4)cc2)CC1. The number of hydrogen-bond acceptors (Lipinski definition) is 6. The van der Waals surface area contributed by atoms with Crippen LogP contribution in [0, 0.1) is 5.92 Å². The quantitative estimate of drug-likeness (QED) is 0.348. The lowest BCUT2D eigenvalue weighted by Gasteiger charge is -2.34. The average Bonchev–Trinajstić information content (AvgIpc) is 3.00. The van der Waals surface area contributed by atoms with E-state index in [9.17, 15) is 0 Å². The number of aromatic nitrogens is 2. The van der Waals surface area contributed by atoms with Crippen LogP contribution in [0.15, 0.2) is 78.0 Å². The number of halogens is 1. The summed E-state index contributed by atoms with van der Waals surface area (Å²) in [6.45, 7) is 7.46. The van der Waals surface area contributed by atoms with Crippen LogP contribution in [0.2, 0.25) is 0 Å². The first-order valence-electron chi connectivity index (χ1n) is 14.4. The standard InChI is InChI=1S/C33H38ClN5O/c1-40-21-20-39-18-16-38(17-19-39)15-14-24-6-12-28(13-7-24)36-33-35-23-26-22-31(25-8-10-27(34)11-9-25)29-4-2-3-5-30(29)32(26)37-33/h2-8,10-13,23,25,31H,9,14-22H2,1H3,(H,35,36,37). The summed E-state index contributed by atoms with van der Waals surface area (Å²) in [6, 6.07) is 17.4. The number of methoxy groups -OCH3 is 1. The fourth-order valence-corrected chi connectivity index (χ4v) is 6.31. The molecule has 1 N–H and O–H groups in total. The van der Waals surface area contributed by atoms with E-state index in [0.29, 0.717) is 17.8 Å². The van der Waals surface area contributed by atoms with Gasteiger partial charge in [-0.3, -0.25) is 4.90 Å². The van der Waals surface area contributed by atoms with E-state index in [4.69, 9.17) is 26.3 Å². The van der Waals surface area contributed by atoms with E-state index in [0.717, 1.165) is 81.6 Å². The van der Waals surface area contributed by atoms with Crippen molar-refractivity contribution in [3.63, 3.8) is 0 Å². The molecule has 6 rings (SSSR count). The molecule has 0 amide bonds. The van der Waals surface area contributed by atoms with Gasteiger partial charge in [-0.05, 0) is 66.0 Å². The Morgan fingerprint density at radius 2 is 1.77 bits per heavy atom. The Hall–Kier alpha value is -3.03. The molecule has 1 aromatic heterocycles. The Kier molecular flexibility index (Phi) is 8.59. The zero-order chi connectivity index (χ0) is 27.3. The van der Waals surface area contributed by atoms with Gasteiger partial charge in [-0.1, -0.05) is 60.2 Å². The van der Waals surface area contributed by atoms with Crippen molar-refractivity contribution in [3.05, 3.63) is 94.7 Å². The molecule has 2 heterocycles. The van der Waals surface area contributed by atoms with Crippen LogP contribution in [0.3, 0.4) is 0 Å². The van der Waals surface area contributed by atoms with Crippen LogP contribution in [-0.2, 0) is 17.6 Å². The summed E-state index contributed by atoms with van der Waals surface area (Å²) < 4.78 is 5.21. The van der Waals surface area contributed by atoms with Crippen molar-refractivity contribution < 1.29 is 4.74 Å². The van der Waals surface area contributed by atoms with Gasteiger partial charge in [0.2, 0.25) is 5.95 Å². The second kappa shape index (κ2) is 12.6. The first kappa shape index (κ1) is 27.2. The van der Waals surface area contributed by atoms with Crippen molar-refractivity contribution in [2.75, 3.05) is 58.3 Å². The van der Waals surface area contributed by atoms with E-state index in [2.05, 4.69) is 75.8 Å². The van der Waals surface area contributed by atoms with Crippen molar-refractivity contribution >= 4 is 23.2 Å². The molecule has 0 bridgehead atoms. The van der Waals surface area contributed by atoms with Gasteiger partial charge < -0.3 is 15.0 Å². The lowest BCUT2D eigenvalue weighted by molar-refractivity contribution is 0.0976. The fourth-order valence-electron chi connectivity index (χ4n) is 6.15. The largest absolute Gasteiger partial charge is 0.383 e. The number of benzene rings is 2. The second-order valence-corrected chi connectivity index (χ2v) is 11.5. The number of ether oxygens (including phenoxy) is 1. The van der Waals surface area contributed by atoms with Gasteiger partial charge in [-0.15, -0.1) is 0 Å². The minimum atomic E-state index is 0.399. The van der Waals surface area contributed by atoms with Crippen LogP contribution in [0.25, 0.3) is 11.3 Å². The molecule has 2 unspecified atom stereocenters. The third-order valence-electron chi connectivity index (χ3n) is 8.53. The van der Waals surface area contributed by atoms with Crippen molar-refractivity contribution in [2.45, 2.75) is 25.2 Å². The van der Waals surface area contributed by atoms with Crippen molar-refractivity contribution in [1.29, 1.82) is 0 Å². The molecule has 0 spiro atoms. The first-order valence-corrected chi connectivity index (χ1v) is 14.8. The summed E-state index contributed by atoms with van der Waals surface area (Å²) in [4.78, 5) is 14.8. The highest BCUT2D eigenvalue weighted by molar-refractivity contribution is 6.31. The Morgan fingerprint density at radius 3 is 2.52 bits per heavy atom. The van der Waals surface area contributed by atoms with Gasteiger partial charge in [0.15, 0.2) is 0 Å². The molecular formula is C33H38ClN5O. The maximum Gasteiger partial charge on any atom is 0.227 e. The molecule has 2 atom stereocenters. The van der Waals surface area contributed by atoms with E-state index in [-0.39, 0.29) is 0 Å². The van der Waals surface area contributed by atoms with Gasteiger partial charge in [0, 0.05) is 68.9 Å². The maximum absolute atomic E-state index is 6.20. The highest BCUT2D eigenvalue weighted by Crippen LogP contribution is 2.44. The highest BCUT2D eigenvalue weighted by atomic mass is 35.5. The summed E-state index contributed by atoms with van der Waals surface area (Å²) in [5.41, 5.74) is 7.18. The van der Waals surface area contributed by atoms with Gasteiger partial charge >= 0.3 is 0 Å². The van der Waals surface area contributed by atoms with E-state index in [1.54, 1.807) is 7.11 Å². The number of rotatable bonds is 9. The molecule has 40 heavy (non-hydrogen) atoms. The third kappa shape index (κ3) is 6.31. The third-order valence-corrected chi connectivity index (χ3v) is 8.81. The molecule has 1 aliphatic heterocycles. The monoisotopic (exact) mass is 555 g/mol. The van der Waals surface area contributed by atoms with E-state index >= 15 is 0 Å². The number of anilines is 2. The number of nitrogens with one attached hydrogen (secondary N) is 1. The van der Waals surface area contributed by atoms with Crippen LogP contribution in [0.4, 0.5) is 11.6 Å². The first-order chi connectivity index (χ1) is 19.7.